The van der Waals surface area contributed by atoms with Gasteiger partial charge in [-0.2, -0.15) is 0 Å². The van der Waals surface area contributed by atoms with Crippen molar-refractivity contribution in [3.63, 3.8) is 0 Å². The van der Waals surface area contributed by atoms with Crippen LogP contribution in [0, 0.1) is 0 Å². The van der Waals surface area contributed by atoms with Crippen molar-refractivity contribution < 1.29 is 14.2 Å². The number of aliphatic imine (C=N–C) groups is 1. The maximum absolute atomic E-state index is 5.92. The molecule has 1 aliphatic heterocycles. The molecule has 0 amide bonds. The van der Waals surface area contributed by atoms with E-state index in [4.69, 9.17) is 25.8 Å². The number of halogens is 1. The first kappa shape index (κ1) is 21.8. The molecular formula is C20H32ClN3O3. The lowest BCUT2D eigenvalue weighted by Crippen LogP contribution is -2.48. The second-order valence-electron chi connectivity index (χ2n) is 6.71. The van der Waals surface area contributed by atoms with Crippen molar-refractivity contribution >= 4 is 17.6 Å². The minimum absolute atomic E-state index is 0.0181. The number of piperidine rings is 1. The number of likely N-dealkylation sites (tertiary alicyclic amines) is 1. The van der Waals surface area contributed by atoms with E-state index in [0.717, 1.165) is 57.3 Å². The Hall–Kier alpha value is -1.50. The fourth-order valence-electron chi connectivity index (χ4n) is 3.04. The number of nitrogens with one attached hydrogen (secondary N) is 1. The molecule has 0 radical (unpaired) electrons. The Balaban J connectivity index is 1.68. The molecule has 1 unspecified atom stereocenters. The van der Waals surface area contributed by atoms with Crippen LogP contribution in [0.3, 0.4) is 0 Å². The summed E-state index contributed by atoms with van der Waals surface area (Å²) in [4.78, 5) is 6.70. The lowest BCUT2D eigenvalue weighted by Gasteiger charge is -2.34. The van der Waals surface area contributed by atoms with Crippen LogP contribution >= 0.6 is 11.6 Å². The van der Waals surface area contributed by atoms with E-state index in [2.05, 4.69) is 15.2 Å². The molecule has 0 spiro atoms. The minimum atomic E-state index is 0.0181. The van der Waals surface area contributed by atoms with Crippen molar-refractivity contribution in [2.24, 2.45) is 4.99 Å². The summed E-state index contributed by atoms with van der Waals surface area (Å²) in [5.41, 5.74) is 0. The van der Waals surface area contributed by atoms with Gasteiger partial charge in [0.05, 0.1) is 12.6 Å². The standard InChI is InChI=1S/C20H32ClN3O3/c1-16(27-19-7-5-17(21)6-8-19)15-23-20(22-2)24-11-9-18(10-12-24)26-14-4-13-25-3/h5-8,16,18H,4,9-15H2,1-3H3,(H,22,23). The van der Waals surface area contributed by atoms with Crippen molar-refractivity contribution in [3.8, 4) is 5.75 Å². The summed E-state index contributed by atoms with van der Waals surface area (Å²) in [7, 11) is 3.54. The minimum Gasteiger partial charge on any atom is -0.489 e. The molecule has 1 saturated heterocycles. The van der Waals surface area contributed by atoms with Crippen LogP contribution in [0.15, 0.2) is 29.3 Å². The quantitative estimate of drug-likeness (QED) is 0.394. The summed E-state index contributed by atoms with van der Waals surface area (Å²) in [6.07, 6.45) is 3.34. The fourth-order valence-corrected chi connectivity index (χ4v) is 3.17. The largest absolute Gasteiger partial charge is 0.489 e. The first-order chi connectivity index (χ1) is 13.1. The first-order valence-corrected chi connectivity index (χ1v) is 9.98. The predicted octanol–water partition coefficient (Wildman–Crippen LogP) is 3.20. The molecular weight excluding hydrogens is 366 g/mol. The number of nitrogens with zero attached hydrogens (tertiary/aromatic N) is 2. The van der Waals surface area contributed by atoms with Crippen LogP contribution in [-0.4, -0.2) is 70.1 Å². The highest BCUT2D eigenvalue weighted by atomic mass is 35.5. The number of hydrogen-bond acceptors (Lipinski definition) is 4. The van der Waals surface area contributed by atoms with Gasteiger partial charge in [-0.3, -0.25) is 4.99 Å². The topological polar surface area (TPSA) is 55.3 Å². The predicted molar refractivity (Wildman–Crippen MR) is 110 cm³/mol. The Kier molecular flexibility index (Phi) is 9.73. The third-order valence-corrected chi connectivity index (χ3v) is 4.75. The molecule has 1 aromatic carbocycles. The Bertz CT molecular complexity index is 560. The molecule has 1 aromatic rings. The molecule has 1 heterocycles. The van der Waals surface area contributed by atoms with Crippen molar-refractivity contribution in [1.29, 1.82) is 0 Å². The zero-order valence-electron chi connectivity index (χ0n) is 16.6. The SMILES string of the molecule is CN=C(NCC(C)Oc1ccc(Cl)cc1)N1CCC(OCCCOC)CC1. The molecule has 7 heteroatoms. The molecule has 0 aliphatic carbocycles. The Morgan fingerprint density at radius 2 is 1.96 bits per heavy atom. The number of hydrogen-bond donors (Lipinski definition) is 1. The maximum atomic E-state index is 5.92. The van der Waals surface area contributed by atoms with Gasteiger partial charge in [0, 0.05) is 45.5 Å². The van der Waals surface area contributed by atoms with Gasteiger partial charge in [-0.25, -0.2) is 0 Å². The van der Waals surface area contributed by atoms with Gasteiger partial charge in [0.2, 0.25) is 0 Å². The fraction of sp³-hybridized carbons (Fsp3) is 0.650. The highest BCUT2D eigenvalue weighted by molar-refractivity contribution is 6.30. The van der Waals surface area contributed by atoms with Gasteiger partial charge in [0.15, 0.2) is 5.96 Å². The summed E-state index contributed by atoms with van der Waals surface area (Å²) in [5.74, 6) is 1.73. The normalized spacial score (nSPS) is 17.0. The van der Waals surface area contributed by atoms with Crippen LogP contribution < -0.4 is 10.1 Å². The van der Waals surface area contributed by atoms with Gasteiger partial charge in [-0.05, 0) is 50.5 Å². The number of benzene rings is 1. The highest BCUT2D eigenvalue weighted by Gasteiger charge is 2.22. The van der Waals surface area contributed by atoms with Crippen LogP contribution in [-0.2, 0) is 9.47 Å². The molecule has 0 bridgehead atoms. The monoisotopic (exact) mass is 397 g/mol. The molecule has 1 atom stereocenters. The molecule has 0 aromatic heterocycles. The van der Waals surface area contributed by atoms with Crippen LogP contribution in [0.4, 0.5) is 0 Å². The third kappa shape index (κ3) is 7.95. The molecule has 6 nitrogen and oxygen atoms in total. The van der Waals surface area contributed by atoms with E-state index in [9.17, 15) is 0 Å². The van der Waals surface area contributed by atoms with Crippen molar-refractivity contribution in [3.05, 3.63) is 29.3 Å². The van der Waals surface area contributed by atoms with Gasteiger partial charge in [0.1, 0.15) is 11.9 Å². The Morgan fingerprint density at radius 3 is 2.59 bits per heavy atom. The maximum Gasteiger partial charge on any atom is 0.193 e. The molecule has 1 fully saturated rings. The van der Waals surface area contributed by atoms with Crippen molar-refractivity contribution in [2.45, 2.75) is 38.4 Å². The van der Waals surface area contributed by atoms with E-state index < -0.39 is 0 Å². The number of methoxy groups -OCH3 is 1. The first-order valence-electron chi connectivity index (χ1n) is 9.60. The second-order valence-corrected chi connectivity index (χ2v) is 7.15. The van der Waals surface area contributed by atoms with Gasteiger partial charge < -0.3 is 24.4 Å². The van der Waals surface area contributed by atoms with E-state index in [0.29, 0.717) is 17.7 Å². The summed E-state index contributed by atoms with van der Waals surface area (Å²) in [6, 6.07) is 7.42. The van der Waals surface area contributed by atoms with Crippen LogP contribution in [0.25, 0.3) is 0 Å². The summed E-state index contributed by atoms with van der Waals surface area (Å²) >= 11 is 5.90. The van der Waals surface area contributed by atoms with Gasteiger partial charge >= 0.3 is 0 Å². The lowest BCUT2D eigenvalue weighted by molar-refractivity contribution is 0.00984. The summed E-state index contributed by atoms with van der Waals surface area (Å²) in [5, 5.41) is 4.12. The number of guanidine groups is 1. The van der Waals surface area contributed by atoms with Gasteiger partial charge in [-0.15, -0.1) is 0 Å². The van der Waals surface area contributed by atoms with E-state index in [-0.39, 0.29) is 6.10 Å². The van der Waals surface area contributed by atoms with Crippen LogP contribution in [0.5, 0.6) is 5.75 Å². The molecule has 1 N–H and O–H groups in total. The average molecular weight is 398 g/mol. The third-order valence-electron chi connectivity index (χ3n) is 4.50. The van der Waals surface area contributed by atoms with Gasteiger partial charge in [0.25, 0.3) is 0 Å². The van der Waals surface area contributed by atoms with E-state index in [1.807, 2.05) is 38.2 Å². The van der Waals surface area contributed by atoms with Crippen molar-refractivity contribution in [2.75, 3.05) is 47.0 Å². The molecule has 27 heavy (non-hydrogen) atoms. The second kappa shape index (κ2) is 12.1. The average Bonchev–Trinajstić information content (AvgIpc) is 2.68. The number of ether oxygens (including phenoxy) is 3. The molecule has 152 valence electrons. The van der Waals surface area contributed by atoms with Crippen LogP contribution in [0.1, 0.15) is 26.2 Å². The van der Waals surface area contributed by atoms with Crippen LogP contribution in [0.2, 0.25) is 5.02 Å². The summed E-state index contributed by atoms with van der Waals surface area (Å²) in [6.45, 7) is 6.14. The highest BCUT2D eigenvalue weighted by Crippen LogP contribution is 2.17. The Labute approximate surface area is 167 Å². The summed E-state index contributed by atoms with van der Waals surface area (Å²) < 4.78 is 16.9. The van der Waals surface area contributed by atoms with E-state index in [1.54, 1.807) is 7.11 Å². The van der Waals surface area contributed by atoms with E-state index in [1.165, 1.54) is 0 Å². The molecule has 1 aliphatic rings. The number of rotatable bonds is 9. The lowest BCUT2D eigenvalue weighted by atomic mass is 10.1. The smallest absolute Gasteiger partial charge is 0.193 e. The van der Waals surface area contributed by atoms with Gasteiger partial charge in [-0.1, -0.05) is 11.6 Å². The molecule has 2 rings (SSSR count). The van der Waals surface area contributed by atoms with E-state index >= 15 is 0 Å². The zero-order valence-corrected chi connectivity index (χ0v) is 17.4. The zero-order chi connectivity index (χ0) is 19.5. The molecule has 0 saturated carbocycles. The Morgan fingerprint density at radius 1 is 1.26 bits per heavy atom. The van der Waals surface area contributed by atoms with Crippen molar-refractivity contribution in [1.82, 2.24) is 10.2 Å².